The molecular formula is C13H26N2O3S. The molecular weight excluding hydrogens is 264 g/mol. The van der Waals surface area contributed by atoms with Gasteiger partial charge in [-0.3, -0.25) is 0 Å². The molecule has 0 N–H and O–H groups in total. The van der Waals surface area contributed by atoms with Crippen LogP contribution in [0.3, 0.4) is 0 Å². The van der Waals surface area contributed by atoms with E-state index in [2.05, 4.69) is 11.8 Å². The molecule has 0 unspecified atom stereocenters. The van der Waals surface area contributed by atoms with Crippen molar-refractivity contribution in [1.82, 2.24) is 9.21 Å². The maximum atomic E-state index is 11.8. The van der Waals surface area contributed by atoms with Gasteiger partial charge in [0.25, 0.3) is 0 Å². The Morgan fingerprint density at radius 2 is 1.89 bits per heavy atom. The van der Waals surface area contributed by atoms with E-state index in [-0.39, 0.29) is 5.41 Å². The molecule has 2 saturated heterocycles. The van der Waals surface area contributed by atoms with E-state index < -0.39 is 10.0 Å². The molecule has 0 saturated carbocycles. The van der Waals surface area contributed by atoms with Gasteiger partial charge < -0.3 is 9.64 Å². The summed E-state index contributed by atoms with van der Waals surface area (Å²) in [5, 5.41) is 0. The van der Waals surface area contributed by atoms with E-state index in [4.69, 9.17) is 4.74 Å². The number of likely N-dealkylation sites (tertiary alicyclic amines) is 1. The Morgan fingerprint density at radius 3 is 2.47 bits per heavy atom. The molecule has 2 rings (SSSR count). The summed E-state index contributed by atoms with van der Waals surface area (Å²) in [5.41, 5.74) is 0.0316. The van der Waals surface area contributed by atoms with Crippen LogP contribution in [-0.4, -0.2) is 69.8 Å². The monoisotopic (exact) mass is 290 g/mol. The van der Waals surface area contributed by atoms with Crippen molar-refractivity contribution in [2.24, 2.45) is 5.41 Å². The van der Waals surface area contributed by atoms with Gasteiger partial charge in [0.1, 0.15) is 0 Å². The Labute approximate surface area is 117 Å². The third kappa shape index (κ3) is 3.90. The molecule has 2 heterocycles. The Morgan fingerprint density at radius 1 is 1.21 bits per heavy atom. The number of sulfonamides is 1. The second-order valence-corrected chi connectivity index (χ2v) is 7.97. The molecule has 0 radical (unpaired) electrons. The Hall–Kier alpha value is -0.170. The Kier molecular flexibility index (Phi) is 4.87. The van der Waals surface area contributed by atoms with Gasteiger partial charge in [-0.15, -0.1) is 0 Å². The van der Waals surface area contributed by atoms with Crippen LogP contribution in [-0.2, 0) is 14.8 Å². The lowest BCUT2D eigenvalue weighted by Crippen LogP contribution is -2.48. The van der Waals surface area contributed by atoms with Crippen LogP contribution in [0.1, 0.15) is 26.2 Å². The van der Waals surface area contributed by atoms with Gasteiger partial charge in [0.15, 0.2) is 0 Å². The molecule has 0 atom stereocenters. The lowest BCUT2D eigenvalue weighted by Gasteiger charge is -2.42. The standard InChI is InChI=1S/C13H26N2O3S/c1-3-6-14-7-4-13(5-8-14)11-15(19(2,16)17)9-10-18-12-13/h3-12H2,1-2H3. The summed E-state index contributed by atoms with van der Waals surface area (Å²) >= 11 is 0. The normalized spacial score (nSPS) is 26.4. The van der Waals surface area contributed by atoms with Gasteiger partial charge in [0.05, 0.1) is 19.5 Å². The molecule has 112 valence electrons. The molecule has 1 spiro atoms. The number of nitrogens with zero attached hydrogens (tertiary/aromatic N) is 2. The summed E-state index contributed by atoms with van der Waals surface area (Å²) in [4.78, 5) is 2.47. The van der Waals surface area contributed by atoms with E-state index in [1.807, 2.05) is 0 Å². The number of piperidine rings is 1. The zero-order chi connectivity index (χ0) is 13.9. The molecule has 0 aliphatic carbocycles. The molecule has 6 heteroatoms. The first-order valence-electron chi connectivity index (χ1n) is 7.20. The van der Waals surface area contributed by atoms with Gasteiger partial charge in [0.2, 0.25) is 10.0 Å². The highest BCUT2D eigenvalue weighted by molar-refractivity contribution is 7.88. The van der Waals surface area contributed by atoms with Crippen LogP contribution in [0.25, 0.3) is 0 Å². The van der Waals surface area contributed by atoms with Crippen LogP contribution in [0.15, 0.2) is 0 Å². The van der Waals surface area contributed by atoms with Gasteiger partial charge in [-0.2, -0.15) is 4.31 Å². The molecule has 0 aromatic heterocycles. The summed E-state index contributed by atoms with van der Waals surface area (Å²) in [6.45, 7) is 7.83. The number of hydrogen-bond donors (Lipinski definition) is 0. The van der Waals surface area contributed by atoms with Crippen LogP contribution < -0.4 is 0 Å². The van der Waals surface area contributed by atoms with Gasteiger partial charge in [0, 0.05) is 18.5 Å². The predicted octanol–water partition coefficient (Wildman–Crippen LogP) is 0.770. The fourth-order valence-corrected chi connectivity index (χ4v) is 4.02. The highest BCUT2D eigenvalue weighted by Crippen LogP contribution is 2.34. The maximum absolute atomic E-state index is 11.8. The number of hydrogen-bond acceptors (Lipinski definition) is 4. The third-order valence-electron chi connectivity index (χ3n) is 4.33. The Bertz CT molecular complexity index is 389. The fourth-order valence-electron chi connectivity index (χ4n) is 3.11. The molecule has 0 aromatic carbocycles. The van der Waals surface area contributed by atoms with Gasteiger partial charge in [-0.05, 0) is 38.9 Å². The first-order chi connectivity index (χ1) is 8.95. The van der Waals surface area contributed by atoms with Crippen molar-refractivity contribution in [2.45, 2.75) is 26.2 Å². The molecule has 2 aliphatic rings. The van der Waals surface area contributed by atoms with Crippen molar-refractivity contribution in [1.29, 1.82) is 0 Å². The second kappa shape index (κ2) is 6.08. The van der Waals surface area contributed by atoms with Crippen molar-refractivity contribution in [3.05, 3.63) is 0 Å². The first-order valence-corrected chi connectivity index (χ1v) is 9.05. The lowest BCUT2D eigenvalue weighted by atomic mass is 9.79. The van der Waals surface area contributed by atoms with Crippen LogP contribution in [0.5, 0.6) is 0 Å². The van der Waals surface area contributed by atoms with E-state index in [1.165, 1.54) is 12.7 Å². The van der Waals surface area contributed by atoms with E-state index in [0.717, 1.165) is 32.5 Å². The number of rotatable bonds is 3. The molecule has 0 bridgehead atoms. The van der Waals surface area contributed by atoms with Crippen LogP contribution in [0, 0.1) is 5.41 Å². The van der Waals surface area contributed by atoms with Crippen molar-refractivity contribution in [2.75, 3.05) is 52.2 Å². The lowest BCUT2D eigenvalue weighted by molar-refractivity contribution is 0.0187. The van der Waals surface area contributed by atoms with Crippen LogP contribution >= 0.6 is 0 Å². The summed E-state index contributed by atoms with van der Waals surface area (Å²) in [7, 11) is -3.11. The van der Waals surface area contributed by atoms with Crippen LogP contribution in [0.4, 0.5) is 0 Å². The highest BCUT2D eigenvalue weighted by atomic mass is 32.2. The van der Waals surface area contributed by atoms with Crippen LogP contribution in [0.2, 0.25) is 0 Å². The average Bonchev–Trinajstić information content (AvgIpc) is 2.55. The van der Waals surface area contributed by atoms with Gasteiger partial charge in [-0.25, -0.2) is 8.42 Å². The van der Waals surface area contributed by atoms with Crippen molar-refractivity contribution in [3.63, 3.8) is 0 Å². The average molecular weight is 290 g/mol. The SMILES string of the molecule is CCCN1CCC2(CC1)COCCN(S(C)(=O)=O)C2. The first kappa shape index (κ1) is 15.2. The summed E-state index contributed by atoms with van der Waals surface area (Å²) < 4.78 is 30.9. The summed E-state index contributed by atoms with van der Waals surface area (Å²) in [5.74, 6) is 0. The minimum Gasteiger partial charge on any atom is -0.379 e. The maximum Gasteiger partial charge on any atom is 0.211 e. The Balaban J connectivity index is 2.02. The van der Waals surface area contributed by atoms with Gasteiger partial charge in [-0.1, -0.05) is 6.92 Å². The zero-order valence-electron chi connectivity index (χ0n) is 12.1. The largest absolute Gasteiger partial charge is 0.379 e. The van der Waals surface area contributed by atoms with Crippen molar-refractivity contribution >= 4 is 10.0 Å². The molecule has 2 fully saturated rings. The topological polar surface area (TPSA) is 49.9 Å². The summed E-state index contributed by atoms with van der Waals surface area (Å²) in [6, 6.07) is 0. The molecule has 0 amide bonds. The number of ether oxygens (including phenoxy) is 1. The van der Waals surface area contributed by atoms with E-state index in [0.29, 0.717) is 26.3 Å². The molecule has 5 nitrogen and oxygen atoms in total. The van der Waals surface area contributed by atoms with E-state index in [9.17, 15) is 8.42 Å². The fraction of sp³-hybridized carbons (Fsp3) is 1.00. The van der Waals surface area contributed by atoms with Gasteiger partial charge >= 0.3 is 0 Å². The van der Waals surface area contributed by atoms with E-state index in [1.54, 1.807) is 4.31 Å². The zero-order valence-corrected chi connectivity index (χ0v) is 12.9. The summed E-state index contributed by atoms with van der Waals surface area (Å²) in [6.07, 6.45) is 4.56. The quantitative estimate of drug-likeness (QED) is 0.770. The third-order valence-corrected chi connectivity index (χ3v) is 5.58. The minimum atomic E-state index is -3.11. The minimum absolute atomic E-state index is 0.0316. The molecule has 2 aliphatic heterocycles. The molecule has 19 heavy (non-hydrogen) atoms. The molecule has 0 aromatic rings. The van der Waals surface area contributed by atoms with Crippen molar-refractivity contribution in [3.8, 4) is 0 Å². The predicted molar refractivity (Wildman–Crippen MR) is 75.6 cm³/mol. The second-order valence-electron chi connectivity index (χ2n) is 5.99. The highest BCUT2D eigenvalue weighted by Gasteiger charge is 2.39. The van der Waals surface area contributed by atoms with E-state index >= 15 is 0 Å². The van der Waals surface area contributed by atoms with Crippen molar-refractivity contribution < 1.29 is 13.2 Å². The smallest absolute Gasteiger partial charge is 0.211 e.